The van der Waals surface area contributed by atoms with Crippen LogP contribution >= 0.6 is 0 Å². The van der Waals surface area contributed by atoms with Gasteiger partial charge >= 0.3 is 0 Å². The fraction of sp³-hybridized carbons (Fsp3) is 0.0213. The van der Waals surface area contributed by atoms with Crippen LogP contribution in [0.1, 0.15) is 6.92 Å². The van der Waals surface area contributed by atoms with Crippen LogP contribution in [0.3, 0.4) is 0 Å². The Labute approximate surface area is 275 Å². The first-order chi connectivity index (χ1) is 23.2. The standard InChI is InChI=1S/C44H28.C3H6/c1-2-13-29(14-3-1)41-27-43-39-24-11-9-22-37(39)42(28-44(43)38-23-10-8-21-36(38)41)31-17-12-16-30(25-31)40-26-32-15-4-5-18-33(32)34-19-6-7-20-35(34)40;1-3-2/h1-28H;3H,1H2,2H3. The number of benzene rings is 9. The molecule has 0 nitrogen and oxygen atoms in total. The Morgan fingerprint density at radius 1 is 0.319 bits per heavy atom. The third-order valence-corrected chi connectivity index (χ3v) is 9.22. The number of rotatable bonds is 3. The minimum atomic E-state index is 1.23. The summed E-state index contributed by atoms with van der Waals surface area (Å²) in [6.45, 7) is 5.25. The van der Waals surface area contributed by atoms with Crippen molar-refractivity contribution < 1.29 is 0 Å². The van der Waals surface area contributed by atoms with E-state index in [0.29, 0.717) is 0 Å². The zero-order valence-corrected chi connectivity index (χ0v) is 26.5. The SMILES string of the molecule is C=CC.c1ccc(-c2cc3c4ccccc4c(-c4cccc(-c5cc6ccccc6c6ccccc56)c4)cc3c3ccccc23)cc1. The van der Waals surface area contributed by atoms with Gasteiger partial charge in [-0.1, -0.05) is 152 Å². The molecule has 9 aromatic carbocycles. The lowest BCUT2D eigenvalue weighted by atomic mass is 9.87. The van der Waals surface area contributed by atoms with Gasteiger partial charge in [0.2, 0.25) is 0 Å². The molecule has 9 aromatic rings. The monoisotopic (exact) mass is 598 g/mol. The van der Waals surface area contributed by atoms with Crippen LogP contribution < -0.4 is 0 Å². The second kappa shape index (κ2) is 12.1. The summed E-state index contributed by atoms with van der Waals surface area (Å²) in [7, 11) is 0. The van der Waals surface area contributed by atoms with Gasteiger partial charge in [-0.2, -0.15) is 0 Å². The quantitative estimate of drug-likeness (QED) is 0.140. The highest BCUT2D eigenvalue weighted by Crippen LogP contribution is 2.43. The Morgan fingerprint density at radius 2 is 0.681 bits per heavy atom. The fourth-order valence-electron chi connectivity index (χ4n) is 7.19. The average Bonchev–Trinajstić information content (AvgIpc) is 3.14. The molecule has 9 rings (SSSR count). The molecule has 0 fully saturated rings. The van der Waals surface area contributed by atoms with Crippen molar-refractivity contribution in [1.82, 2.24) is 0 Å². The lowest BCUT2D eigenvalue weighted by Gasteiger charge is -2.17. The molecule has 0 aliphatic heterocycles. The Morgan fingerprint density at radius 3 is 1.21 bits per heavy atom. The van der Waals surface area contributed by atoms with Crippen molar-refractivity contribution in [3.05, 3.63) is 183 Å². The van der Waals surface area contributed by atoms with Crippen LogP contribution in [-0.2, 0) is 0 Å². The van der Waals surface area contributed by atoms with E-state index in [1.165, 1.54) is 87.2 Å². The number of fused-ring (bicyclic) bond motifs is 8. The van der Waals surface area contributed by atoms with E-state index in [1.807, 2.05) is 6.92 Å². The Kier molecular flexibility index (Phi) is 7.32. The van der Waals surface area contributed by atoms with Crippen LogP contribution in [0.25, 0.3) is 87.2 Å². The second-order valence-electron chi connectivity index (χ2n) is 12.1. The third-order valence-electron chi connectivity index (χ3n) is 9.22. The summed E-state index contributed by atoms with van der Waals surface area (Å²) < 4.78 is 0. The van der Waals surface area contributed by atoms with E-state index in [1.54, 1.807) is 6.08 Å². The summed E-state index contributed by atoms with van der Waals surface area (Å²) >= 11 is 0. The Balaban J connectivity index is 0.00000104. The van der Waals surface area contributed by atoms with Crippen LogP contribution in [-0.4, -0.2) is 0 Å². The summed E-state index contributed by atoms with van der Waals surface area (Å²) in [5.74, 6) is 0. The van der Waals surface area contributed by atoms with Crippen molar-refractivity contribution in [3.63, 3.8) is 0 Å². The molecule has 222 valence electrons. The minimum Gasteiger partial charge on any atom is -0.103 e. The van der Waals surface area contributed by atoms with Gasteiger partial charge in [0, 0.05) is 0 Å². The van der Waals surface area contributed by atoms with Crippen LogP contribution in [0, 0.1) is 0 Å². The molecule has 0 amide bonds. The van der Waals surface area contributed by atoms with Crippen molar-refractivity contribution >= 4 is 53.9 Å². The predicted molar refractivity (Wildman–Crippen MR) is 206 cm³/mol. The molecule has 0 radical (unpaired) electrons. The van der Waals surface area contributed by atoms with Crippen molar-refractivity contribution in [2.75, 3.05) is 0 Å². The summed E-state index contributed by atoms with van der Waals surface area (Å²) in [4.78, 5) is 0. The maximum Gasteiger partial charge on any atom is -0.00923 e. The van der Waals surface area contributed by atoms with Gasteiger partial charge in [0.25, 0.3) is 0 Å². The second-order valence-corrected chi connectivity index (χ2v) is 12.1. The highest BCUT2D eigenvalue weighted by Gasteiger charge is 2.15. The van der Waals surface area contributed by atoms with Gasteiger partial charge in [-0.15, -0.1) is 6.58 Å². The molecule has 0 heterocycles. The van der Waals surface area contributed by atoms with E-state index in [0.717, 1.165) is 0 Å². The molecule has 0 saturated heterocycles. The number of allylic oxidation sites excluding steroid dienone is 1. The zero-order valence-electron chi connectivity index (χ0n) is 26.5. The van der Waals surface area contributed by atoms with Gasteiger partial charge in [0.15, 0.2) is 0 Å². The van der Waals surface area contributed by atoms with Gasteiger partial charge in [-0.25, -0.2) is 0 Å². The van der Waals surface area contributed by atoms with Crippen molar-refractivity contribution in [1.29, 1.82) is 0 Å². The molecule has 0 aliphatic carbocycles. The molecular weight excluding hydrogens is 565 g/mol. The Bertz CT molecular complexity index is 2590. The summed E-state index contributed by atoms with van der Waals surface area (Å²) in [6, 6.07) is 62.3. The number of hydrogen-bond acceptors (Lipinski definition) is 0. The summed E-state index contributed by atoms with van der Waals surface area (Å²) in [5.41, 5.74) is 7.51. The first kappa shape index (κ1) is 28.5. The van der Waals surface area contributed by atoms with E-state index in [9.17, 15) is 0 Å². The molecule has 47 heavy (non-hydrogen) atoms. The minimum absolute atomic E-state index is 1.23. The van der Waals surface area contributed by atoms with Crippen molar-refractivity contribution in [2.24, 2.45) is 0 Å². The number of hydrogen-bond donors (Lipinski definition) is 0. The largest absolute Gasteiger partial charge is 0.103 e. The smallest absolute Gasteiger partial charge is 0.00923 e. The Hall–Kier alpha value is -5.98. The van der Waals surface area contributed by atoms with E-state index in [-0.39, 0.29) is 0 Å². The molecule has 0 aliphatic rings. The molecule has 0 atom stereocenters. The van der Waals surface area contributed by atoms with Crippen LogP contribution in [0.5, 0.6) is 0 Å². The third kappa shape index (κ3) is 4.96. The summed E-state index contributed by atoms with van der Waals surface area (Å²) in [5, 5.41) is 12.8. The molecule has 0 unspecified atom stereocenters. The molecule has 0 spiro atoms. The molecule has 0 heteroatoms. The van der Waals surface area contributed by atoms with E-state index in [4.69, 9.17) is 0 Å². The zero-order chi connectivity index (χ0) is 31.7. The normalized spacial score (nSPS) is 11.2. The maximum absolute atomic E-state index is 3.36. The molecule has 0 bridgehead atoms. The van der Waals surface area contributed by atoms with Gasteiger partial charge in [0.1, 0.15) is 0 Å². The fourth-order valence-corrected chi connectivity index (χ4v) is 7.19. The van der Waals surface area contributed by atoms with Crippen LogP contribution in [0.15, 0.2) is 183 Å². The molecule has 0 N–H and O–H groups in total. The van der Waals surface area contributed by atoms with Gasteiger partial charge in [0.05, 0.1) is 0 Å². The maximum atomic E-state index is 3.36. The summed E-state index contributed by atoms with van der Waals surface area (Å²) in [6.07, 6.45) is 1.75. The average molecular weight is 599 g/mol. The van der Waals surface area contributed by atoms with E-state index >= 15 is 0 Å². The first-order valence-electron chi connectivity index (χ1n) is 16.3. The highest BCUT2D eigenvalue weighted by atomic mass is 14.2. The van der Waals surface area contributed by atoms with Gasteiger partial charge < -0.3 is 0 Å². The van der Waals surface area contributed by atoms with E-state index in [2.05, 4.69) is 176 Å². The van der Waals surface area contributed by atoms with Crippen molar-refractivity contribution in [2.45, 2.75) is 6.92 Å². The predicted octanol–water partition coefficient (Wildman–Crippen LogP) is 13.6. The molecule has 0 saturated carbocycles. The lowest BCUT2D eigenvalue weighted by Crippen LogP contribution is -1.90. The van der Waals surface area contributed by atoms with Gasteiger partial charge in [-0.05, 0) is 118 Å². The van der Waals surface area contributed by atoms with E-state index < -0.39 is 0 Å². The first-order valence-corrected chi connectivity index (χ1v) is 16.3. The van der Waals surface area contributed by atoms with Crippen LogP contribution in [0.2, 0.25) is 0 Å². The van der Waals surface area contributed by atoms with Gasteiger partial charge in [-0.3, -0.25) is 0 Å². The van der Waals surface area contributed by atoms with Crippen LogP contribution in [0.4, 0.5) is 0 Å². The van der Waals surface area contributed by atoms with Crippen molar-refractivity contribution in [3.8, 4) is 33.4 Å². The molecule has 0 aromatic heterocycles. The molecular formula is C47H34. The highest BCUT2D eigenvalue weighted by molar-refractivity contribution is 6.24. The topological polar surface area (TPSA) is 0 Å². The lowest BCUT2D eigenvalue weighted by molar-refractivity contribution is 1.64.